The molecule has 0 saturated heterocycles. The molecule has 0 atom stereocenters. The number of hydrogen-bond donors (Lipinski definition) is 1. The van der Waals surface area contributed by atoms with Crippen LogP contribution in [0.5, 0.6) is 0 Å². The predicted octanol–water partition coefficient (Wildman–Crippen LogP) is 4.18. The van der Waals surface area contributed by atoms with Crippen molar-refractivity contribution in [2.75, 3.05) is 12.4 Å². The Bertz CT molecular complexity index is 963. The predicted molar refractivity (Wildman–Crippen MR) is 110 cm³/mol. The first-order valence-electron chi connectivity index (χ1n) is 8.65. The van der Waals surface area contributed by atoms with Gasteiger partial charge in [0.25, 0.3) is 0 Å². The topological polar surface area (TPSA) is 79.4 Å². The Hall–Kier alpha value is -1.84. The standard InChI is InChI=1S/C19H23BrFN3O3S/c1-5-19(2,3)18(25)23-17-10-13(16(20)11-22-17)12-24(4)28(26,27)15-8-6-14(21)7-9-15/h6-11H,5,12H2,1-4H3,(H,22,23,25). The van der Waals surface area contributed by atoms with Crippen LogP contribution in [-0.4, -0.2) is 30.7 Å². The van der Waals surface area contributed by atoms with E-state index in [0.29, 0.717) is 22.3 Å². The van der Waals surface area contributed by atoms with E-state index in [9.17, 15) is 17.6 Å². The van der Waals surface area contributed by atoms with Gasteiger partial charge in [-0.15, -0.1) is 0 Å². The number of nitrogens with zero attached hydrogens (tertiary/aromatic N) is 2. The van der Waals surface area contributed by atoms with Gasteiger partial charge >= 0.3 is 0 Å². The Labute approximate surface area is 173 Å². The summed E-state index contributed by atoms with van der Waals surface area (Å²) in [6.45, 7) is 5.65. The van der Waals surface area contributed by atoms with E-state index in [-0.39, 0.29) is 17.3 Å². The van der Waals surface area contributed by atoms with Crippen LogP contribution in [0.1, 0.15) is 32.8 Å². The van der Waals surface area contributed by atoms with Crippen LogP contribution in [0.2, 0.25) is 0 Å². The lowest BCUT2D eigenvalue weighted by Crippen LogP contribution is -2.30. The minimum absolute atomic E-state index is 0.000185. The van der Waals surface area contributed by atoms with Gasteiger partial charge in [0, 0.05) is 29.7 Å². The van der Waals surface area contributed by atoms with Crippen molar-refractivity contribution in [3.63, 3.8) is 0 Å². The number of halogens is 2. The second-order valence-electron chi connectivity index (χ2n) is 7.07. The minimum Gasteiger partial charge on any atom is -0.310 e. The third-order valence-electron chi connectivity index (χ3n) is 4.59. The average Bonchev–Trinajstić information content (AvgIpc) is 2.64. The van der Waals surface area contributed by atoms with Gasteiger partial charge in [-0.2, -0.15) is 4.31 Å². The number of carbonyl (C=O) groups excluding carboxylic acids is 1. The molecule has 0 aliphatic rings. The minimum atomic E-state index is -3.80. The molecule has 1 aromatic carbocycles. The number of amides is 1. The number of sulfonamides is 1. The summed E-state index contributed by atoms with van der Waals surface area (Å²) in [5.74, 6) is -0.325. The molecule has 0 aliphatic heterocycles. The summed E-state index contributed by atoms with van der Waals surface area (Å²) in [5, 5.41) is 2.77. The molecule has 0 spiro atoms. The monoisotopic (exact) mass is 471 g/mol. The van der Waals surface area contributed by atoms with Crippen molar-refractivity contribution in [3.8, 4) is 0 Å². The van der Waals surface area contributed by atoms with Crippen LogP contribution in [0.15, 0.2) is 45.9 Å². The maximum Gasteiger partial charge on any atom is 0.243 e. The van der Waals surface area contributed by atoms with Crippen molar-refractivity contribution >= 4 is 37.7 Å². The molecule has 1 N–H and O–H groups in total. The molecule has 0 aliphatic carbocycles. The van der Waals surface area contributed by atoms with Crippen LogP contribution in [-0.2, 0) is 21.4 Å². The summed E-state index contributed by atoms with van der Waals surface area (Å²) in [4.78, 5) is 16.5. The lowest BCUT2D eigenvalue weighted by Gasteiger charge is -2.22. The van der Waals surface area contributed by atoms with E-state index in [1.165, 1.54) is 25.4 Å². The number of anilines is 1. The fraction of sp³-hybridized carbons (Fsp3) is 0.368. The van der Waals surface area contributed by atoms with E-state index in [1.807, 2.05) is 20.8 Å². The molecular weight excluding hydrogens is 449 g/mol. The van der Waals surface area contributed by atoms with Crippen molar-refractivity contribution in [2.45, 2.75) is 38.6 Å². The second kappa shape index (κ2) is 8.67. The Balaban J connectivity index is 2.23. The smallest absolute Gasteiger partial charge is 0.243 e. The van der Waals surface area contributed by atoms with Crippen LogP contribution in [0, 0.1) is 11.2 Å². The SMILES string of the molecule is CCC(C)(C)C(=O)Nc1cc(CN(C)S(=O)(=O)c2ccc(F)cc2)c(Br)cn1. The van der Waals surface area contributed by atoms with Gasteiger partial charge < -0.3 is 5.32 Å². The van der Waals surface area contributed by atoms with Gasteiger partial charge in [0.1, 0.15) is 11.6 Å². The summed E-state index contributed by atoms with van der Waals surface area (Å²) >= 11 is 3.36. The van der Waals surface area contributed by atoms with Crippen LogP contribution in [0.25, 0.3) is 0 Å². The van der Waals surface area contributed by atoms with E-state index >= 15 is 0 Å². The summed E-state index contributed by atoms with van der Waals surface area (Å²) in [6.07, 6.45) is 2.18. The summed E-state index contributed by atoms with van der Waals surface area (Å²) in [6, 6.07) is 6.28. The molecule has 0 saturated carbocycles. The number of hydrogen-bond acceptors (Lipinski definition) is 4. The zero-order chi connectivity index (χ0) is 21.1. The van der Waals surface area contributed by atoms with Crippen molar-refractivity contribution in [1.29, 1.82) is 0 Å². The van der Waals surface area contributed by atoms with Crippen molar-refractivity contribution < 1.29 is 17.6 Å². The quantitative estimate of drug-likeness (QED) is 0.656. The first kappa shape index (κ1) is 22.4. The molecule has 9 heteroatoms. The maximum atomic E-state index is 13.1. The summed E-state index contributed by atoms with van der Waals surface area (Å²) < 4.78 is 40.2. The van der Waals surface area contributed by atoms with E-state index in [1.54, 1.807) is 6.07 Å². The highest BCUT2D eigenvalue weighted by Crippen LogP contribution is 2.25. The maximum absolute atomic E-state index is 13.1. The van der Waals surface area contributed by atoms with Crippen molar-refractivity contribution in [2.24, 2.45) is 5.41 Å². The first-order valence-corrected chi connectivity index (χ1v) is 10.9. The second-order valence-corrected chi connectivity index (χ2v) is 9.97. The van der Waals surface area contributed by atoms with Gasteiger partial charge in [-0.05, 0) is 58.2 Å². The molecule has 0 fully saturated rings. The number of carbonyl (C=O) groups is 1. The fourth-order valence-electron chi connectivity index (χ4n) is 2.23. The molecule has 1 amide bonds. The number of rotatable bonds is 7. The number of nitrogens with one attached hydrogen (secondary N) is 1. The number of pyridine rings is 1. The van der Waals surface area contributed by atoms with Crippen LogP contribution < -0.4 is 5.32 Å². The normalized spacial score (nSPS) is 12.2. The Morgan fingerprint density at radius 1 is 1.29 bits per heavy atom. The van der Waals surface area contributed by atoms with Gasteiger partial charge in [-0.25, -0.2) is 17.8 Å². The molecule has 1 heterocycles. The third kappa shape index (κ3) is 5.15. The molecular formula is C19H23BrFN3O3S. The highest BCUT2D eigenvalue weighted by Gasteiger charge is 2.26. The highest BCUT2D eigenvalue weighted by atomic mass is 79.9. The Kier molecular flexibility index (Phi) is 6.95. The molecule has 0 radical (unpaired) electrons. The molecule has 1 aromatic heterocycles. The Morgan fingerprint density at radius 2 is 1.89 bits per heavy atom. The van der Waals surface area contributed by atoms with Gasteiger partial charge in [0.15, 0.2) is 0 Å². The van der Waals surface area contributed by atoms with Crippen molar-refractivity contribution in [1.82, 2.24) is 9.29 Å². The molecule has 28 heavy (non-hydrogen) atoms. The molecule has 152 valence electrons. The lowest BCUT2D eigenvalue weighted by atomic mass is 9.89. The van der Waals surface area contributed by atoms with E-state index in [4.69, 9.17) is 0 Å². The third-order valence-corrected chi connectivity index (χ3v) is 7.12. The highest BCUT2D eigenvalue weighted by molar-refractivity contribution is 9.10. The summed E-state index contributed by atoms with van der Waals surface area (Å²) in [5.41, 5.74) is 0.0882. The molecule has 2 aromatic rings. The van der Waals surface area contributed by atoms with E-state index in [2.05, 4.69) is 26.2 Å². The van der Waals surface area contributed by atoms with E-state index in [0.717, 1.165) is 16.4 Å². The van der Waals surface area contributed by atoms with Gasteiger partial charge in [-0.1, -0.05) is 20.8 Å². The van der Waals surface area contributed by atoms with Crippen LogP contribution >= 0.6 is 15.9 Å². The largest absolute Gasteiger partial charge is 0.310 e. The van der Waals surface area contributed by atoms with E-state index < -0.39 is 21.3 Å². The molecule has 0 unspecified atom stereocenters. The van der Waals surface area contributed by atoms with Gasteiger partial charge in [0.05, 0.1) is 4.90 Å². The zero-order valence-corrected chi connectivity index (χ0v) is 18.6. The molecule has 0 bridgehead atoms. The average molecular weight is 472 g/mol. The molecule has 6 nitrogen and oxygen atoms in total. The van der Waals surface area contributed by atoms with Gasteiger partial charge in [0.2, 0.25) is 15.9 Å². The fourth-order valence-corrected chi connectivity index (χ4v) is 3.72. The van der Waals surface area contributed by atoms with Crippen LogP contribution in [0.3, 0.4) is 0 Å². The molecule has 2 rings (SSSR count). The van der Waals surface area contributed by atoms with Crippen molar-refractivity contribution in [3.05, 3.63) is 52.4 Å². The Morgan fingerprint density at radius 3 is 2.46 bits per heavy atom. The first-order chi connectivity index (χ1) is 13.0. The number of aromatic nitrogens is 1. The van der Waals surface area contributed by atoms with Gasteiger partial charge in [-0.3, -0.25) is 4.79 Å². The number of benzene rings is 1. The lowest BCUT2D eigenvalue weighted by molar-refractivity contribution is -0.124. The summed E-state index contributed by atoms with van der Waals surface area (Å²) in [7, 11) is -2.36. The zero-order valence-electron chi connectivity index (χ0n) is 16.2. The van der Waals surface area contributed by atoms with Crippen LogP contribution in [0.4, 0.5) is 10.2 Å².